The molecule has 1 rings (SSSR count). The largest absolute Gasteiger partial charge is 0.374 e. The summed E-state index contributed by atoms with van der Waals surface area (Å²) < 4.78 is 5.11. The van der Waals surface area contributed by atoms with E-state index in [-0.39, 0.29) is 11.9 Å². The Bertz CT molecular complexity index is 327. The molecular weight excluding hydrogens is 188 g/mol. The minimum Gasteiger partial charge on any atom is -0.374 e. The molecule has 1 unspecified atom stereocenters. The highest BCUT2D eigenvalue weighted by molar-refractivity contribution is 5.85. The Morgan fingerprint density at radius 3 is 2.73 bits per heavy atom. The fourth-order valence-corrected chi connectivity index (χ4v) is 1.66. The summed E-state index contributed by atoms with van der Waals surface area (Å²) in [5.74, 6) is 0.158. The quantitative estimate of drug-likeness (QED) is 0.740. The topological polar surface area (TPSA) is 26.3 Å². The maximum atomic E-state index is 11.8. The monoisotopic (exact) mass is 206 g/mol. The molecule has 15 heavy (non-hydrogen) atoms. The molecule has 1 atom stereocenters. The number of hydrogen-bond acceptors (Lipinski definition) is 2. The highest BCUT2D eigenvalue weighted by Gasteiger charge is 2.15. The summed E-state index contributed by atoms with van der Waals surface area (Å²) in [7, 11) is 1.59. The fraction of sp³-hybridized carbons (Fsp3) is 0.462. The molecule has 0 aliphatic heterocycles. The number of hydrogen-bond donors (Lipinski definition) is 0. The van der Waals surface area contributed by atoms with Crippen molar-refractivity contribution in [2.24, 2.45) is 0 Å². The number of ketones is 1. The number of methoxy groups -OCH3 is 1. The molecule has 82 valence electrons. The second kappa shape index (κ2) is 5.66. The van der Waals surface area contributed by atoms with Gasteiger partial charge in [-0.2, -0.15) is 0 Å². The Labute approximate surface area is 91.3 Å². The predicted octanol–water partition coefficient (Wildman–Crippen LogP) is 2.53. The van der Waals surface area contributed by atoms with Gasteiger partial charge < -0.3 is 4.74 Å². The lowest BCUT2D eigenvalue weighted by molar-refractivity contribution is -0.128. The van der Waals surface area contributed by atoms with Crippen molar-refractivity contribution in [3.63, 3.8) is 0 Å². The lowest BCUT2D eigenvalue weighted by atomic mass is 10.0. The zero-order chi connectivity index (χ0) is 11.3. The Kier molecular flexibility index (Phi) is 4.50. The van der Waals surface area contributed by atoms with Gasteiger partial charge in [0.25, 0.3) is 0 Å². The van der Waals surface area contributed by atoms with Crippen LogP contribution in [0.15, 0.2) is 24.3 Å². The summed E-state index contributed by atoms with van der Waals surface area (Å²) in [5.41, 5.74) is 2.25. The van der Waals surface area contributed by atoms with E-state index in [1.54, 1.807) is 7.11 Å². The number of aryl methyl sites for hydroxylation is 1. The van der Waals surface area contributed by atoms with Gasteiger partial charge in [0.2, 0.25) is 0 Å². The van der Waals surface area contributed by atoms with Crippen LogP contribution in [0, 0.1) is 6.92 Å². The molecule has 0 N–H and O–H groups in total. The number of carbonyl (C=O) groups is 1. The van der Waals surface area contributed by atoms with Gasteiger partial charge in [-0.15, -0.1) is 0 Å². The van der Waals surface area contributed by atoms with Crippen LogP contribution in [0.2, 0.25) is 0 Å². The summed E-state index contributed by atoms with van der Waals surface area (Å²) in [6.07, 6.45) is 0.945. The van der Waals surface area contributed by atoms with Gasteiger partial charge in [0, 0.05) is 13.5 Å². The molecule has 1 aromatic rings. The smallest absolute Gasteiger partial charge is 0.165 e. The Balaban J connectivity index is 2.65. The average Bonchev–Trinajstić information content (AvgIpc) is 2.19. The summed E-state index contributed by atoms with van der Waals surface area (Å²) in [6, 6.07) is 8.03. The predicted molar refractivity (Wildman–Crippen MR) is 61.0 cm³/mol. The van der Waals surface area contributed by atoms with Crippen LogP contribution in [0.5, 0.6) is 0 Å². The number of Topliss-reactive ketones (excluding diaryl/α,β-unsaturated/α-hetero) is 1. The highest BCUT2D eigenvalue weighted by atomic mass is 16.5. The van der Waals surface area contributed by atoms with Crippen molar-refractivity contribution in [1.29, 1.82) is 0 Å². The molecular formula is C13H18O2. The third kappa shape index (κ3) is 3.48. The lowest BCUT2D eigenvalue weighted by Gasteiger charge is -2.11. The van der Waals surface area contributed by atoms with Gasteiger partial charge in [0.1, 0.15) is 6.10 Å². The maximum absolute atomic E-state index is 11.8. The first-order chi connectivity index (χ1) is 7.17. The zero-order valence-electron chi connectivity index (χ0n) is 9.62. The van der Waals surface area contributed by atoms with E-state index in [0.717, 1.165) is 12.0 Å². The van der Waals surface area contributed by atoms with E-state index in [4.69, 9.17) is 4.74 Å². The summed E-state index contributed by atoms with van der Waals surface area (Å²) in [6.45, 7) is 3.99. The van der Waals surface area contributed by atoms with E-state index < -0.39 is 0 Å². The first-order valence-corrected chi connectivity index (χ1v) is 5.28. The van der Waals surface area contributed by atoms with E-state index in [1.165, 1.54) is 5.56 Å². The van der Waals surface area contributed by atoms with Crippen LogP contribution in [0.25, 0.3) is 0 Å². The van der Waals surface area contributed by atoms with Crippen molar-refractivity contribution in [3.8, 4) is 0 Å². The number of rotatable bonds is 5. The maximum Gasteiger partial charge on any atom is 0.165 e. The molecule has 2 nitrogen and oxygen atoms in total. The van der Waals surface area contributed by atoms with E-state index in [9.17, 15) is 4.79 Å². The average molecular weight is 206 g/mol. The zero-order valence-corrected chi connectivity index (χ0v) is 9.62. The van der Waals surface area contributed by atoms with Crippen LogP contribution in [0.4, 0.5) is 0 Å². The Morgan fingerprint density at radius 2 is 2.20 bits per heavy atom. The molecule has 0 saturated carbocycles. The first-order valence-electron chi connectivity index (χ1n) is 5.28. The molecule has 0 bridgehead atoms. The van der Waals surface area contributed by atoms with Crippen molar-refractivity contribution >= 4 is 5.78 Å². The number of benzene rings is 1. The molecule has 2 heteroatoms. The van der Waals surface area contributed by atoms with Gasteiger partial charge in [0.05, 0.1) is 0 Å². The van der Waals surface area contributed by atoms with E-state index >= 15 is 0 Å². The second-order valence-electron chi connectivity index (χ2n) is 3.76. The third-order valence-corrected chi connectivity index (χ3v) is 2.48. The van der Waals surface area contributed by atoms with Gasteiger partial charge in [-0.3, -0.25) is 4.79 Å². The standard InChI is InChI=1S/C13H18O2/c1-4-13(15-3)12(14)9-11-7-5-6-10(2)8-11/h5-8,13H,4,9H2,1-3H3. The minimum absolute atomic E-state index is 0.158. The van der Waals surface area contributed by atoms with Gasteiger partial charge in [-0.05, 0) is 18.9 Å². The van der Waals surface area contributed by atoms with Crippen molar-refractivity contribution in [2.45, 2.75) is 32.8 Å². The lowest BCUT2D eigenvalue weighted by Crippen LogP contribution is -2.23. The molecule has 0 heterocycles. The Hall–Kier alpha value is -1.15. The molecule has 0 aromatic heterocycles. The molecule has 0 aliphatic carbocycles. The summed E-state index contributed by atoms with van der Waals surface area (Å²) in [4.78, 5) is 11.8. The first kappa shape index (κ1) is 11.9. The van der Waals surface area contributed by atoms with Crippen molar-refractivity contribution < 1.29 is 9.53 Å². The van der Waals surface area contributed by atoms with Crippen LogP contribution in [-0.2, 0) is 16.0 Å². The minimum atomic E-state index is -0.259. The second-order valence-corrected chi connectivity index (χ2v) is 3.76. The molecule has 0 fully saturated rings. The number of carbonyl (C=O) groups excluding carboxylic acids is 1. The van der Waals surface area contributed by atoms with Crippen LogP contribution in [0.1, 0.15) is 24.5 Å². The van der Waals surface area contributed by atoms with Crippen LogP contribution < -0.4 is 0 Å². The van der Waals surface area contributed by atoms with Crippen LogP contribution in [0.3, 0.4) is 0 Å². The van der Waals surface area contributed by atoms with Gasteiger partial charge in [0.15, 0.2) is 5.78 Å². The normalized spacial score (nSPS) is 12.5. The Morgan fingerprint density at radius 1 is 1.47 bits per heavy atom. The molecule has 0 saturated heterocycles. The molecule has 0 aliphatic rings. The van der Waals surface area contributed by atoms with Gasteiger partial charge in [-0.25, -0.2) is 0 Å². The van der Waals surface area contributed by atoms with E-state index in [1.807, 2.05) is 38.1 Å². The van der Waals surface area contributed by atoms with Gasteiger partial charge in [-0.1, -0.05) is 36.8 Å². The van der Waals surface area contributed by atoms with Gasteiger partial charge >= 0.3 is 0 Å². The van der Waals surface area contributed by atoms with Crippen LogP contribution >= 0.6 is 0 Å². The third-order valence-electron chi connectivity index (χ3n) is 2.48. The van der Waals surface area contributed by atoms with Crippen molar-refractivity contribution in [1.82, 2.24) is 0 Å². The SMILES string of the molecule is CCC(OC)C(=O)Cc1cccc(C)c1. The van der Waals surface area contributed by atoms with Crippen molar-refractivity contribution in [3.05, 3.63) is 35.4 Å². The van der Waals surface area contributed by atoms with E-state index in [2.05, 4.69) is 0 Å². The molecule has 0 radical (unpaired) electrons. The summed E-state index contributed by atoms with van der Waals surface area (Å²) >= 11 is 0. The number of ether oxygens (including phenoxy) is 1. The van der Waals surface area contributed by atoms with Crippen molar-refractivity contribution in [2.75, 3.05) is 7.11 Å². The molecule has 0 amide bonds. The summed E-state index contributed by atoms with van der Waals surface area (Å²) in [5, 5.41) is 0. The molecule has 0 spiro atoms. The van der Waals surface area contributed by atoms with Crippen LogP contribution in [-0.4, -0.2) is 19.0 Å². The fourth-order valence-electron chi connectivity index (χ4n) is 1.66. The highest BCUT2D eigenvalue weighted by Crippen LogP contribution is 2.08. The van der Waals surface area contributed by atoms with E-state index in [0.29, 0.717) is 6.42 Å². The molecule has 1 aromatic carbocycles.